The van der Waals surface area contributed by atoms with Crippen LogP contribution in [-0.2, 0) is 11.0 Å². The fourth-order valence-corrected chi connectivity index (χ4v) is 1.54. The van der Waals surface area contributed by atoms with E-state index in [1.54, 1.807) is 0 Å². The highest BCUT2D eigenvalue weighted by atomic mass is 35.5. The first-order chi connectivity index (χ1) is 7.70. The predicted molar refractivity (Wildman–Crippen MR) is 55.6 cm³/mol. The maximum Gasteiger partial charge on any atom is 0.416 e. The fourth-order valence-electron chi connectivity index (χ4n) is 1.30. The smallest absolute Gasteiger partial charge is 0.416 e. The van der Waals surface area contributed by atoms with Gasteiger partial charge in [0.2, 0.25) is 0 Å². The molecule has 1 aromatic rings. The van der Waals surface area contributed by atoms with E-state index in [2.05, 4.69) is 0 Å². The summed E-state index contributed by atoms with van der Waals surface area (Å²) < 4.78 is 37.4. The van der Waals surface area contributed by atoms with E-state index in [1.165, 1.54) is 6.07 Å². The third kappa shape index (κ3) is 3.90. The third-order valence-electron chi connectivity index (χ3n) is 2.07. The molecule has 0 saturated heterocycles. The maximum atomic E-state index is 12.5. The number of carboxylic acid groups (broad SMARTS) is 1. The van der Waals surface area contributed by atoms with Crippen molar-refractivity contribution in [3.05, 3.63) is 34.3 Å². The molecule has 3 N–H and O–H groups in total. The molecule has 1 rings (SSSR count). The Kier molecular flexibility index (Phi) is 4.00. The molecule has 7 heteroatoms. The largest absolute Gasteiger partial charge is 0.481 e. The summed E-state index contributed by atoms with van der Waals surface area (Å²) in [5, 5.41) is 8.38. The highest BCUT2D eigenvalue weighted by Gasteiger charge is 2.31. The van der Waals surface area contributed by atoms with Gasteiger partial charge in [-0.05, 0) is 23.8 Å². The number of nitrogens with two attached hydrogens (primary N) is 1. The van der Waals surface area contributed by atoms with Crippen molar-refractivity contribution in [2.45, 2.75) is 18.6 Å². The summed E-state index contributed by atoms with van der Waals surface area (Å²) in [4.78, 5) is 10.4. The topological polar surface area (TPSA) is 63.3 Å². The van der Waals surface area contributed by atoms with Crippen molar-refractivity contribution in [1.82, 2.24) is 0 Å². The molecule has 0 spiro atoms. The normalized spacial score (nSPS) is 13.5. The van der Waals surface area contributed by atoms with E-state index in [9.17, 15) is 18.0 Å². The Hall–Kier alpha value is -1.27. The Morgan fingerprint density at radius 1 is 1.41 bits per heavy atom. The second-order valence-electron chi connectivity index (χ2n) is 3.48. The monoisotopic (exact) mass is 267 g/mol. The van der Waals surface area contributed by atoms with E-state index in [0.29, 0.717) is 0 Å². The molecule has 0 heterocycles. The molecule has 0 saturated carbocycles. The third-order valence-corrected chi connectivity index (χ3v) is 2.29. The van der Waals surface area contributed by atoms with Gasteiger partial charge in [0.25, 0.3) is 0 Å². The summed E-state index contributed by atoms with van der Waals surface area (Å²) >= 11 is 5.53. The number of halogens is 4. The molecule has 1 atom stereocenters. The molecule has 0 amide bonds. The maximum absolute atomic E-state index is 12.5. The minimum Gasteiger partial charge on any atom is -0.481 e. The highest BCUT2D eigenvalue weighted by Crippen LogP contribution is 2.33. The number of carbonyl (C=O) groups is 1. The lowest BCUT2D eigenvalue weighted by Crippen LogP contribution is -2.16. The van der Waals surface area contributed by atoms with Crippen LogP contribution >= 0.6 is 11.6 Å². The number of benzene rings is 1. The molecule has 3 nitrogen and oxygen atoms in total. The number of hydrogen-bond donors (Lipinski definition) is 2. The molecule has 0 unspecified atom stereocenters. The number of hydrogen-bond acceptors (Lipinski definition) is 2. The van der Waals surface area contributed by atoms with Crippen molar-refractivity contribution >= 4 is 17.6 Å². The van der Waals surface area contributed by atoms with Crippen LogP contribution in [0.4, 0.5) is 13.2 Å². The zero-order valence-corrected chi connectivity index (χ0v) is 9.22. The van der Waals surface area contributed by atoms with Crippen molar-refractivity contribution < 1.29 is 23.1 Å². The van der Waals surface area contributed by atoms with E-state index < -0.39 is 30.2 Å². The van der Waals surface area contributed by atoms with Crippen LogP contribution in [0.15, 0.2) is 18.2 Å². The van der Waals surface area contributed by atoms with Gasteiger partial charge in [0.05, 0.1) is 12.0 Å². The number of rotatable bonds is 3. The quantitative estimate of drug-likeness (QED) is 0.885. The van der Waals surface area contributed by atoms with Crippen molar-refractivity contribution in [1.29, 1.82) is 0 Å². The molecule has 0 aromatic heterocycles. The van der Waals surface area contributed by atoms with Gasteiger partial charge in [-0.1, -0.05) is 11.6 Å². The minimum absolute atomic E-state index is 0.0484. The molecule has 0 bridgehead atoms. The standard InChI is InChI=1S/C10H9ClF3NO2/c11-7-2-5(8(15)4-9(16)17)1-6(3-7)10(12,13)14/h1-3,8H,4,15H2,(H,16,17)/t8-/m1/s1. The molecule has 17 heavy (non-hydrogen) atoms. The molecule has 0 aliphatic carbocycles. The molecule has 0 radical (unpaired) electrons. The zero-order valence-electron chi connectivity index (χ0n) is 8.46. The Labute approximate surface area is 100.0 Å². The number of carboxylic acids is 1. The van der Waals surface area contributed by atoms with Gasteiger partial charge >= 0.3 is 12.1 Å². The van der Waals surface area contributed by atoms with Crippen molar-refractivity contribution in [2.24, 2.45) is 5.73 Å². The average molecular weight is 268 g/mol. The SMILES string of the molecule is N[C@H](CC(=O)O)c1cc(Cl)cc(C(F)(F)F)c1. The molecule has 0 fully saturated rings. The van der Waals surface area contributed by atoms with Crippen LogP contribution in [0.3, 0.4) is 0 Å². The van der Waals surface area contributed by atoms with Gasteiger partial charge in [0.1, 0.15) is 0 Å². The molecule has 0 aliphatic heterocycles. The lowest BCUT2D eigenvalue weighted by Gasteiger charge is -2.13. The number of aliphatic carboxylic acids is 1. The molecular formula is C10H9ClF3NO2. The Balaban J connectivity index is 3.09. The Bertz CT molecular complexity index is 434. The summed E-state index contributed by atoms with van der Waals surface area (Å²) in [6.45, 7) is 0. The van der Waals surface area contributed by atoms with Crippen LogP contribution in [0, 0.1) is 0 Å². The van der Waals surface area contributed by atoms with Gasteiger partial charge in [-0.3, -0.25) is 4.79 Å². The Morgan fingerprint density at radius 2 is 2.00 bits per heavy atom. The summed E-state index contributed by atoms with van der Waals surface area (Å²) in [7, 11) is 0. The minimum atomic E-state index is -4.54. The second-order valence-corrected chi connectivity index (χ2v) is 3.91. The fraction of sp³-hybridized carbons (Fsp3) is 0.300. The van der Waals surface area contributed by atoms with Crippen LogP contribution in [-0.4, -0.2) is 11.1 Å². The summed E-state index contributed by atoms with van der Waals surface area (Å²) in [6.07, 6.45) is -5.00. The van der Waals surface area contributed by atoms with Crippen molar-refractivity contribution in [2.75, 3.05) is 0 Å². The zero-order chi connectivity index (χ0) is 13.2. The van der Waals surface area contributed by atoms with Crippen LogP contribution in [0.2, 0.25) is 5.02 Å². The summed E-state index contributed by atoms with van der Waals surface area (Å²) in [5.74, 6) is -1.19. The highest BCUT2D eigenvalue weighted by molar-refractivity contribution is 6.30. The van der Waals surface area contributed by atoms with Crippen LogP contribution in [0.25, 0.3) is 0 Å². The summed E-state index contributed by atoms with van der Waals surface area (Å²) in [6, 6.07) is 1.77. The second kappa shape index (κ2) is 4.93. The van der Waals surface area contributed by atoms with Crippen LogP contribution in [0.5, 0.6) is 0 Å². The first-order valence-corrected chi connectivity index (χ1v) is 4.93. The van der Waals surface area contributed by atoms with Crippen LogP contribution in [0.1, 0.15) is 23.6 Å². The lowest BCUT2D eigenvalue weighted by molar-refractivity contribution is -0.138. The molecule has 0 aliphatic rings. The predicted octanol–water partition coefficient (Wildman–Crippen LogP) is 2.83. The van der Waals surface area contributed by atoms with E-state index >= 15 is 0 Å². The van der Waals surface area contributed by atoms with E-state index in [4.69, 9.17) is 22.4 Å². The van der Waals surface area contributed by atoms with Gasteiger partial charge in [-0.2, -0.15) is 13.2 Å². The van der Waals surface area contributed by atoms with Gasteiger partial charge in [-0.25, -0.2) is 0 Å². The molecular weight excluding hydrogens is 259 g/mol. The number of alkyl halides is 3. The van der Waals surface area contributed by atoms with E-state index in [-0.39, 0.29) is 10.6 Å². The summed E-state index contributed by atoms with van der Waals surface area (Å²) in [5.41, 5.74) is 4.57. The molecule has 94 valence electrons. The van der Waals surface area contributed by atoms with Gasteiger partial charge in [0.15, 0.2) is 0 Å². The van der Waals surface area contributed by atoms with Gasteiger partial charge in [0, 0.05) is 11.1 Å². The van der Waals surface area contributed by atoms with Crippen molar-refractivity contribution in [3.8, 4) is 0 Å². The first-order valence-electron chi connectivity index (χ1n) is 4.55. The van der Waals surface area contributed by atoms with Crippen LogP contribution < -0.4 is 5.73 Å². The van der Waals surface area contributed by atoms with Gasteiger partial charge < -0.3 is 10.8 Å². The average Bonchev–Trinajstić information content (AvgIpc) is 2.14. The Morgan fingerprint density at radius 3 is 2.47 bits per heavy atom. The van der Waals surface area contributed by atoms with Gasteiger partial charge in [-0.15, -0.1) is 0 Å². The lowest BCUT2D eigenvalue weighted by atomic mass is 10.0. The van der Waals surface area contributed by atoms with Crippen molar-refractivity contribution in [3.63, 3.8) is 0 Å². The van der Waals surface area contributed by atoms with E-state index in [1.807, 2.05) is 0 Å². The van der Waals surface area contributed by atoms with E-state index in [0.717, 1.165) is 12.1 Å². The first kappa shape index (κ1) is 13.8. The molecule has 1 aromatic carbocycles.